The first kappa shape index (κ1) is 31.7. The largest absolute Gasteiger partial charge is 0.478 e. The van der Waals surface area contributed by atoms with E-state index in [0.29, 0.717) is 49.6 Å². The fourth-order valence-corrected chi connectivity index (χ4v) is 6.85. The molecule has 0 saturated heterocycles. The lowest BCUT2D eigenvalue weighted by atomic mass is 9.76. The molecule has 2 atom stereocenters. The highest BCUT2D eigenvalue weighted by molar-refractivity contribution is 5.98. The van der Waals surface area contributed by atoms with Crippen molar-refractivity contribution < 1.29 is 29.4 Å². The molecule has 212 valence electrons. The Morgan fingerprint density at radius 2 is 1.00 bits per heavy atom. The van der Waals surface area contributed by atoms with Gasteiger partial charge in [0.25, 0.3) is 0 Å². The van der Waals surface area contributed by atoms with Gasteiger partial charge in [-0.05, 0) is 75.0 Å². The second-order valence-corrected chi connectivity index (χ2v) is 11.2. The molecule has 0 aromatic carbocycles. The molecule has 8 nitrogen and oxygen atoms in total. The van der Waals surface area contributed by atoms with E-state index in [-0.39, 0.29) is 24.0 Å². The van der Waals surface area contributed by atoms with Crippen molar-refractivity contribution in [2.24, 2.45) is 33.7 Å². The summed E-state index contributed by atoms with van der Waals surface area (Å²) in [4.78, 5) is 52.7. The number of hydrogen-bond donors (Lipinski definition) is 2. The minimum absolute atomic E-state index is 0.0191. The average Bonchev–Trinajstić information content (AvgIpc) is 2.92. The summed E-state index contributed by atoms with van der Waals surface area (Å²) in [6, 6.07) is 0. The van der Waals surface area contributed by atoms with E-state index >= 15 is 0 Å². The Balaban J connectivity index is 2.02. The van der Waals surface area contributed by atoms with Crippen LogP contribution < -0.4 is 0 Å². The fourth-order valence-electron chi connectivity index (χ4n) is 6.85. The van der Waals surface area contributed by atoms with Crippen molar-refractivity contribution in [1.82, 2.24) is 0 Å². The van der Waals surface area contributed by atoms with Gasteiger partial charge in [0.2, 0.25) is 12.2 Å². The summed E-state index contributed by atoms with van der Waals surface area (Å²) < 4.78 is 0. The van der Waals surface area contributed by atoms with Crippen LogP contribution in [0, 0.1) is 23.7 Å². The molecule has 0 bridgehead atoms. The number of aliphatic carboxylic acids is 2. The highest BCUT2D eigenvalue weighted by Gasteiger charge is 2.26. The molecule has 0 radical (unpaired) electrons. The number of nitrogens with zero attached hydrogens (tertiary/aromatic N) is 2. The van der Waals surface area contributed by atoms with Crippen LogP contribution in [0.2, 0.25) is 0 Å². The molecule has 2 aliphatic carbocycles. The summed E-state index contributed by atoms with van der Waals surface area (Å²) in [6.07, 6.45) is 20.0. The lowest BCUT2D eigenvalue weighted by Gasteiger charge is -2.30. The lowest BCUT2D eigenvalue weighted by Crippen LogP contribution is -2.20. The van der Waals surface area contributed by atoms with Gasteiger partial charge in [0, 0.05) is 11.1 Å². The second-order valence-electron chi connectivity index (χ2n) is 11.2. The van der Waals surface area contributed by atoms with E-state index in [1.54, 1.807) is 12.2 Å². The Morgan fingerprint density at radius 1 is 0.632 bits per heavy atom. The summed E-state index contributed by atoms with van der Waals surface area (Å²) in [5.74, 6) is -0.455. The monoisotopic (exact) mass is 530 g/mol. The predicted octanol–water partition coefficient (Wildman–Crippen LogP) is 6.64. The van der Waals surface area contributed by atoms with Gasteiger partial charge in [0.1, 0.15) is 0 Å². The van der Waals surface area contributed by atoms with Gasteiger partial charge in [-0.3, -0.25) is 0 Å². The Labute approximate surface area is 227 Å². The van der Waals surface area contributed by atoms with Gasteiger partial charge >= 0.3 is 11.9 Å². The first-order chi connectivity index (χ1) is 18.5. The topological polar surface area (TPSA) is 133 Å². The molecule has 2 N–H and O–H groups in total. The normalized spacial score (nSPS) is 18.9. The van der Waals surface area contributed by atoms with Gasteiger partial charge in [0.05, 0.1) is 13.1 Å². The summed E-state index contributed by atoms with van der Waals surface area (Å²) >= 11 is 0. The number of carboxylic acids is 2. The molecule has 0 aromatic rings. The second kappa shape index (κ2) is 18.7. The molecule has 2 unspecified atom stereocenters. The molecular formula is C30H46N2O6. The molecular weight excluding hydrogens is 484 g/mol. The van der Waals surface area contributed by atoms with Crippen LogP contribution in [0.3, 0.4) is 0 Å². The maximum Gasteiger partial charge on any atom is 0.332 e. The van der Waals surface area contributed by atoms with E-state index in [1.807, 2.05) is 0 Å². The lowest BCUT2D eigenvalue weighted by molar-refractivity contribution is -0.136. The van der Waals surface area contributed by atoms with Crippen LogP contribution in [0.1, 0.15) is 116 Å². The van der Waals surface area contributed by atoms with Crippen LogP contribution in [0.25, 0.3) is 0 Å². The summed E-state index contributed by atoms with van der Waals surface area (Å²) in [6.45, 7) is 0.875. The van der Waals surface area contributed by atoms with Gasteiger partial charge in [-0.25, -0.2) is 29.2 Å². The average molecular weight is 531 g/mol. The molecule has 0 amide bonds. The maximum atomic E-state index is 12.1. The third-order valence-corrected chi connectivity index (χ3v) is 8.87. The molecule has 0 heterocycles. The summed E-state index contributed by atoms with van der Waals surface area (Å²) in [5, 5.41) is 19.8. The van der Waals surface area contributed by atoms with Crippen molar-refractivity contribution >= 4 is 24.1 Å². The Bertz CT molecular complexity index is 790. The maximum absolute atomic E-state index is 12.1. The third-order valence-electron chi connectivity index (χ3n) is 8.87. The van der Waals surface area contributed by atoms with Crippen molar-refractivity contribution in [2.45, 2.75) is 116 Å². The van der Waals surface area contributed by atoms with Crippen LogP contribution >= 0.6 is 0 Å². The van der Waals surface area contributed by atoms with Gasteiger partial charge < -0.3 is 10.2 Å². The van der Waals surface area contributed by atoms with E-state index in [1.165, 1.54) is 38.5 Å². The standard InChI is InChI=1S/C30H46N2O6/c33-21-31-19-17-25(23-9-3-1-4-10-23)13-7-15-27(29(35)36)28(30(37)38)16-8-14-26(18-20-32-22-34)24-11-5-2-6-12-24/h23-26H,1-20H2,(H,35,36)(H,37,38)/b28-27+. The molecule has 0 aliphatic heterocycles. The van der Waals surface area contributed by atoms with Crippen LogP contribution in [-0.4, -0.2) is 47.4 Å². The minimum atomic E-state index is -1.15. The highest BCUT2D eigenvalue weighted by Crippen LogP contribution is 2.37. The molecule has 2 saturated carbocycles. The van der Waals surface area contributed by atoms with Crippen molar-refractivity contribution in [2.75, 3.05) is 13.1 Å². The van der Waals surface area contributed by atoms with Crippen molar-refractivity contribution in [3.8, 4) is 0 Å². The van der Waals surface area contributed by atoms with E-state index in [9.17, 15) is 29.4 Å². The molecule has 0 spiro atoms. The number of carbonyl (C=O) groups excluding carboxylic acids is 2. The first-order valence-corrected chi connectivity index (χ1v) is 14.7. The van der Waals surface area contributed by atoms with Gasteiger partial charge in [-0.2, -0.15) is 0 Å². The van der Waals surface area contributed by atoms with Gasteiger partial charge in [-0.15, -0.1) is 0 Å². The number of rotatable bonds is 18. The molecule has 38 heavy (non-hydrogen) atoms. The minimum Gasteiger partial charge on any atom is -0.478 e. The quantitative estimate of drug-likeness (QED) is 0.116. The van der Waals surface area contributed by atoms with Crippen LogP contribution in [0.5, 0.6) is 0 Å². The van der Waals surface area contributed by atoms with Gasteiger partial charge in [-0.1, -0.05) is 64.2 Å². The van der Waals surface area contributed by atoms with Crippen LogP contribution in [0.4, 0.5) is 0 Å². The smallest absolute Gasteiger partial charge is 0.332 e. The van der Waals surface area contributed by atoms with Gasteiger partial charge in [0.15, 0.2) is 0 Å². The Kier molecular flexibility index (Phi) is 15.5. The molecule has 2 aliphatic rings. The summed E-state index contributed by atoms with van der Waals surface area (Å²) in [5.41, 5.74) is 0.0381. The number of aliphatic imine (C=N–C) groups is 2. The van der Waals surface area contributed by atoms with Crippen LogP contribution in [0.15, 0.2) is 21.1 Å². The Hall–Kier alpha value is -2.56. The zero-order chi connectivity index (χ0) is 27.6. The van der Waals surface area contributed by atoms with Crippen molar-refractivity contribution in [3.05, 3.63) is 11.1 Å². The zero-order valence-electron chi connectivity index (χ0n) is 22.9. The predicted molar refractivity (Wildman–Crippen MR) is 145 cm³/mol. The number of isocyanates is 2. The SMILES string of the molecule is O=C=NCCC(CCC/C(C(=O)O)=C(/CCCC(CCN=C=O)C1CCCCC1)C(=O)O)C1CCCCC1. The fraction of sp³-hybridized carbons (Fsp3) is 0.800. The van der Waals surface area contributed by atoms with Crippen LogP contribution in [-0.2, 0) is 19.2 Å². The highest BCUT2D eigenvalue weighted by atomic mass is 16.4. The zero-order valence-corrected chi connectivity index (χ0v) is 22.9. The van der Waals surface area contributed by atoms with E-state index in [4.69, 9.17) is 0 Å². The summed E-state index contributed by atoms with van der Waals surface area (Å²) in [7, 11) is 0. The molecule has 2 rings (SSSR count). The first-order valence-electron chi connectivity index (χ1n) is 14.7. The van der Waals surface area contributed by atoms with E-state index < -0.39 is 11.9 Å². The van der Waals surface area contributed by atoms with Crippen molar-refractivity contribution in [3.63, 3.8) is 0 Å². The van der Waals surface area contributed by atoms with Crippen molar-refractivity contribution in [1.29, 1.82) is 0 Å². The third kappa shape index (κ3) is 11.4. The molecule has 0 aromatic heterocycles. The number of carbonyl (C=O) groups is 2. The molecule has 2 fully saturated rings. The van der Waals surface area contributed by atoms with E-state index in [2.05, 4.69) is 9.98 Å². The van der Waals surface area contributed by atoms with E-state index in [0.717, 1.165) is 51.4 Å². The number of carboxylic acid groups (broad SMARTS) is 2. The molecule has 8 heteroatoms. The Morgan fingerprint density at radius 3 is 1.32 bits per heavy atom. The number of hydrogen-bond acceptors (Lipinski definition) is 6.